The van der Waals surface area contributed by atoms with Crippen molar-refractivity contribution in [1.82, 2.24) is 10.2 Å². The average Bonchev–Trinajstić information content (AvgIpc) is 2.40. The molecule has 1 heterocycles. The van der Waals surface area contributed by atoms with Gasteiger partial charge in [0.25, 0.3) is 0 Å². The molecule has 2 rings (SSSR count). The third-order valence-corrected chi connectivity index (χ3v) is 4.09. The van der Waals surface area contributed by atoms with Gasteiger partial charge in [0.15, 0.2) is 0 Å². The average molecular weight is 350 g/mol. The summed E-state index contributed by atoms with van der Waals surface area (Å²) in [6.45, 7) is 6.56. The molecular formula is C14H22BrClN2O. The summed E-state index contributed by atoms with van der Waals surface area (Å²) in [5, 5.41) is 12.7. The molecule has 0 saturated carbocycles. The molecule has 5 heteroatoms. The molecule has 1 fully saturated rings. The number of hydrogen-bond donors (Lipinski definition) is 2. The maximum atomic E-state index is 9.33. The highest BCUT2D eigenvalue weighted by Crippen LogP contribution is 2.29. The molecule has 1 aliphatic rings. The fourth-order valence-corrected chi connectivity index (χ4v) is 3.00. The molecule has 19 heavy (non-hydrogen) atoms. The van der Waals surface area contributed by atoms with Crippen LogP contribution in [0.15, 0.2) is 22.7 Å². The van der Waals surface area contributed by atoms with Gasteiger partial charge in [0.1, 0.15) is 0 Å². The molecule has 0 unspecified atom stereocenters. The Labute approximate surface area is 129 Å². The van der Waals surface area contributed by atoms with Crippen LogP contribution >= 0.6 is 28.3 Å². The van der Waals surface area contributed by atoms with Gasteiger partial charge in [0.2, 0.25) is 0 Å². The monoisotopic (exact) mass is 348 g/mol. The number of nitrogens with zero attached hydrogens (tertiary/aromatic N) is 1. The minimum Gasteiger partial charge on any atom is -0.396 e. The van der Waals surface area contributed by atoms with Gasteiger partial charge in [-0.25, -0.2) is 0 Å². The van der Waals surface area contributed by atoms with Gasteiger partial charge < -0.3 is 10.4 Å². The van der Waals surface area contributed by atoms with Crippen LogP contribution in [0.2, 0.25) is 0 Å². The smallest absolute Gasteiger partial charge is 0.0449 e. The van der Waals surface area contributed by atoms with E-state index in [1.54, 1.807) is 0 Å². The number of benzene rings is 1. The highest BCUT2D eigenvalue weighted by atomic mass is 79.9. The van der Waals surface area contributed by atoms with E-state index >= 15 is 0 Å². The third-order valence-electron chi connectivity index (χ3n) is 3.60. The topological polar surface area (TPSA) is 35.5 Å². The largest absolute Gasteiger partial charge is 0.396 e. The van der Waals surface area contributed by atoms with Crippen LogP contribution < -0.4 is 5.32 Å². The molecule has 1 atom stereocenters. The first-order valence-electron chi connectivity index (χ1n) is 6.54. The second-order valence-corrected chi connectivity index (χ2v) is 5.73. The number of hydrogen-bond acceptors (Lipinski definition) is 3. The summed E-state index contributed by atoms with van der Waals surface area (Å²) >= 11 is 3.55. The van der Waals surface area contributed by atoms with E-state index in [2.05, 4.69) is 51.3 Å². The van der Waals surface area contributed by atoms with E-state index in [0.29, 0.717) is 6.04 Å². The zero-order valence-electron chi connectivity index (χ0n) is 11.2. The van der Waals surface area contributed by atoms with Crippen molar-refractivity contribution >= 4 is 28.3 Å². The van der Waals surface area contributed by atoms with Crippen molar-refractivity contribution in [2.24, 2.45) is 0 Å². The molecule has 0 amide bonds. The predicted molar refractivity (Wildman–Crippen MR) is 85.0 cm³/mol. The quantitative estimate of drug-likeness (QED) is 0.877. The van der Waals surface area contributed by atoms with Crippen LogP contribution in [0, 0.1) is 6.92 Å². The second kappa shape index (κ2) is 8.22. The summed E-state index contributed by atoms with van der Waals surface area (Å²) in [6.07, 6.45) is 0.803. The van der Waals surface area contributed by atoms with E-state index in [-0.39, 0.29) is 19.0 Å². The Kier molecular flexibility index (Phi) is 7.32. The van der Waals surface area contributed by atoms with Crippen LogP contribution in [-0.2, 0) is 0 Å². The van der Waals surface area contributed by atoms with Gasteiger partial charge in [-0.2, -0.15) is 0 Å². The Hall–Kier alpha value is -0.130. The van der Waals surface area contributed by atoms with Gasteiger partial charge in [-0.1, -0.05) is 22.0 Å². The van der Waals surface area contributed by atoms with Crippen LogP contribution in [0.1, 0.15) is 23.6 Å². The van der Waals surface area contributed by atoms with E-state index in [9.17, 15) is 5.11 Å². The van der Waals surface area contributed by atoms with Gasteiger partial charge in [0.05, 0.1) is 0 Å². The fourth-order valence-electron chi connectivity index (χ4n) is 2.62. The second-order valence-electron chi connectivity index (χ2n) is 4.81. The molecule has 1 aliphatic heterocycles. The van der Waals surface area contributed by atoms with Crippen molar-refractivity contribution < 1.29 is 5.11 Å². The first kappa shape index (κ1) is 16.9. The Morgan fingerprint density at radius 2 is 2.05 bits per heavy atom. The molecule has 2 N–H and O–H groups in total. The molecule has 0 bridgehead atoms. The summed E-state index contributed by atoms with van der Waals surface area (Å²) in [5.74, 6) is 0. The predicted octanol–water partition coefficient (Wildman–Crippen LogP) is 2.51. The lowest BCUT2D eigenvalue weighted by atomic mass is 9.97. The maximum Gasteiger partial charge on any atom is 0.0449 e. The molecule has 108 valence electrons. The molecule has 1 aromatic rings. The number of piperazine rings is 1. The summed E-state index contributed by atoms with van der Waals surface area (Å²) < 4.78 is 1.11. The molecule has 1 aromatic carbocycles. The lowest BCUT2D eigenvalue weighted by Crippen LogP contribution is -2.45. The minimum atomic E-state index is 0. The lowest BCUT2D eigenvalue weighted by Gasteiger charge is -2.35. The minimum absolute atomic E-state index is 0. The molecule has 1 saturated heterocycles. The maximum absolute atomic E-state index is 9.33. The molecule has 0 spiro atoms. The van der Waals surface area contributed by atoms with Crippen molar-refractivity contribution in [3.63, 3.8) is 0 Å². The number of halogens is 2. The van der Waals surface area contributed by atoms with E-state index in [1.807, 2.05) is 0 Å². The third kappa shape index (κ3) is 4.43. The number of rotatable bonds is 4. The van der Waals surface area contributed by atoms with E-state index in [4.69, 9.17) is 0 Å². The fraction of sp³-hybridized carbons (Fsp3) is 0.571. The van der Waals surface area contributed by atoms with Gasteiger partial charge in [-0.05, 0) is 36.6 Å². The SMILES string of the molecule is Cc1ccc(Br)cc1[C@@H](CCO)N1CCNCC1.Cl. The van der Waals surface area contributed by atoms with Crippen LogP contribution in [0.3, 0.4) is 0 Å². The molecule has 3 nitrogen and oxygen atoms in total. The highest BCUT2D eigenvalue weighted by molar-refractivity contribution is 9.10. The van der Waals surface area contributed by atoms with Crippen molar-refractivity contribution in [2.45, 2.75) is 19.4 Å². The van der Waals surface area contributed by atoms with Gasteiger partial charge >= 0.3 is 0 Å². The molecule has 0 radical (unpaired) electrons. The zero-order chi connectivity index (χ0) is 13.0. The van der Waals surface area contributed by atoms with Crippen molar-refractivity contribution in [1.29, 1.82) is 0 Å². The van der Waals surface area contributed by atoms with Crippen molar-refractivity contribution in [3.8, 4) is 0 Å². The zero-order valence-corrected chi connectivity index (χ0v) is 13.6. The Morgan fingerprint density at radius 3 is 2.68 bits per heavy atom. The molecule has 0 aromatic heterocycles. The number of aliphatic hydroxyl groups excluding tert-OH is 1. The highest BCUT2D eigenvalue weighted by Gasteiger charge is 2.23. The number of nitrogens with one attached hydrogen (secondary N) is 1. The van der Waals surface area contributed by atoms with E-state index in [0.717, 1.165) is 37.1 Å². The van der Waals surface area contributed by atoms with Crippen LogP contribution in [-0.4, -0.2) is 42.8 Å². The summed E-state index contributed by atoms with van der Waals surface area (Å²) in [6, 6.07) is 6.74. The van der Waals surface area contributed by atoms with Gasteiger partial charge in [-0.3, -0.25) is 4.90 Å². The van der Waals surface area contributed by atoms with Crippen LogP contribution in [0.25, 0.3) is 0 Å². The summed E-state index contributed by atoms with van der Waals surface area (Å²) in [4.78, 5) is 2.47. The van der Waals surface area contributed by atoms with E-state index in [1.165, 1.54) is 11.1 Å². The Bertz CT molecular complexity index is 397. The molecular weight excluding hydrogens is 328 g/mol. The van der Waals surface area contributed by atoms with Crippen LogP contribution in [0.5, 0.6) is 0 Å². The summed E-state index contributed by atoms with van der Waals surface area (Å²) in [5.41, 5.74) is 2.63. The first-order chi connectivity index (χ1) is 8.72. The standard InChI is InChI=1S/C14H21BrN2O.ClH/c1-11-2-3-12(15)10-13(11)14(4-9-18)17-7-5-16-6-8-17;/h2-3,10,14,16,18H,4-9H2,1H3;1H/t14-;/m1./s1. The van der Waals surface area contributed by atoms with Crippen molar-refractivity contribution in [2.75, 3.05) is 32.8 Å². The van der Waals surface area contributed by atoms with E-state index < -0.39 is 0 Å². The first-order valence-corrected chi connectivity index (χ1v) is 7.33. The van der Waals surface area contributed by atoms with Gasteiger partial charge in [-0.15, -0.1) is 12.4 Å². The number of aryl methyl sites for hydroxylation is 1. The lowest BCUT2D eigenvalue weighted by molar-refractivity contribution is 0.140. The number of aliphatic hydroxyl groups is 1. The molecule has 0 aliphatic carbocycles. The summed E-state index contributed by atoms with van der Waals surface area (Å²) in [7, 11) is 0. The van der Waals surface area contributed by atoms with Gasteiger partial charge in [0, 0.05) is 43.3 Å². The van der Waals surface area contributed by atoms with Crippen LogP contribution in [0.4, 0.5) is 0 Å². The van der Waals surface area contributed by atoms with Crippen molar-refractivity contribution in [3.05, 3.63) is 33.8 Å². The Morgan fingerprint density at radius 1 is 1.37 bits per heavy atom. The Balaban J connectivity index is 0.00000180. The normalized spacial score (nSPS) is 17.8.